The lowest BCUT2D eigenvalue weighted by atomic mass is 10.1. The maximum absolute atomic E-state index is 12.0. The second-order valence-corrected chi connectivity index (χ2v) is 6.84. The smallest absolute Gasteiger partial charge is 0.230 e. The Labute approximate surface area is 145 Å². The van der Waals surface area contributed by atoms with Crippen LogP contribution in [0.3, 0.4) is 0 Å². The molecule has 0 radical (unpaired) electrons. The summed E-state index contributed by atoms with van der Waals surface area (Å²) in [4.78, 5) is 16.5. The molecule has 1 heterocycles. The average Bonchev–Trinajstić information content (AvgIpc) is 3.29. The molecule has 0 unspecified atom stereocenters. The molecule has 1 aromatic heterocycles. The van der Waals surface area contributed by atoms with Crippen molar-refractivity contribution in [3.8, 4) is 5.75 Å². The number of hydrogen-bond acceptors (Lipinski definition) is 5. The van der Waals surface area contributed by atoms with Crippen molar-refractivity contribution in [2.75, 3.05) is 12.9 Å². The largest absolute Gasteiger partial charge is 0.497 e. The van der Waals surface area contributed by atoms with Gasteiger partial charge in [-0.2, -0.15) is 0 Å². The van der Waals surface area contributed by atoms with Gasteiger partial charge in [-0.05, 0) is 30.5 Å². The van der Waals surface area contributed by atoms with Gasteiger partial charge in [0.15, 0.2) is 0 Å². The lowest BCUT2D eigenvalue weighted by Gasteiger charge is -2.06. The summed E-state index contributed by atoms with van der Waals surface area (Å²) in [6.45, 7) is 0.484. The number of aromatic amines is 1. The highest BCUT2D eigenvalue weighted by atomic mass is 32.2. The molecule has 0 spiro atoms. The quantitative estimate of drug-likeness (QED) is 0.754. The van der Waals surface area contributed by atoms with Gasteiger partial charge >= 0.3 is 0 Å². The summed E-state index contributed by atoms with van der Waals surface area (Å²) in [6.07, 6.45) is 4.89. The van der Waals surface area contributed by atoms with E-state index in [1.54, 1.807) is 7.11 Å². The van der Waals surface area contributed by atoms with E-state index in [4.69, 9.17) is 4.74 Å². The van der Waals surface area contributed by atoms with Crippen LogP contribution < -0.4 is 10.1 Å². The van der Waals surface area contributed by atoms with E-state index in [1.165, 1.54) is 37.4 Å². The molecule has 1 fully saturated rings. The number of nitrogens with one attached hydrogen (secondary N) is 2. The molecule has 1 saturated carbocycles. The standard InChI is InChI=1S/C17H22N4O2S/c1-23-14-8-4-5-12(9-14)10-18-15(22)11-24-17-19-16(20-21-17)13-6-2-3-7-13/h4-5,8-9,13H,2-3,6-7,10-11H2,1H3,(H,18,22)(H,19,20,21). The van der Waals surface area contributed by atoms with Crippen molar-refractivity contribution in [1.82, 2.24) is 20.5 Å². The first-order valence-electron chi connectivity index (χ1n) is 8.19. The van der Waals surface area contributed by atoms with Crippen LogP contribution in [0.15, 0.2) is 29.4 Å². The van der Waals surface area contributed by atoms with Crippen LogP contribution in [0.5, 0.6) is 5.75 Å². The zero-order valence-corrected chi connectivity index (χ0v) is 14.6. The van der Waals surface area contributed by atoms with Gasteiger partial charge < -0.3 is 10.1 Å². The van der Waals surface area contributed by atoms with Crippen molar-refractivity contribution in [3.05, 3.63) is 35.7 Å². The van der Waals surface area contributed by atoms with Crippen molar-refractivity contribution in [2.45, 2.75) is 43.3 Å². The molecule has 2 N–H and O–H groups in total. The Balaban J connectivity index is 1.43. The van der Waals surface area contributed by atoms with Crippen molar-refractivity contribution >= 4 is 17.7 Å². The third-order valence-electron chi connectivity index (χ3n) is 4.18. The minimum atomic E-state index is -0.0324. The molecule has 128 valence electrons. The Kier molecular flexibility index (Phi) is 5.74. The Hall–Kier alpha value is -2.02. The van der Waals surface area contributed by atoms with Gasteiger partial charge in [0.05, 0.1) is 12.9 Å². The van der Waals surface area contributed by atoms with Gasteiger partial charge in [-0.15, -0.1) is 5.10 Å². The van der Waals surface area contributed by atoms with Crippen LogP contribution in [0.4, 0.5) is 0 Å². The predicted molar refractivity (Wildman–Crippen MR) is 93.2 cm³/mol. The highest BCUT2D eigenvalue weighted by Gasteiger charge is 2.20. The third-order valence-corrected chi connectivity index (χ3v) is 5.03. The highest BCUT2D eigenvalue weighted by molar-refractivity contribution is 7.99. The number of H-pyrrole nitrogens is 1. The van der Waals surface area contributed by atoms with Crippen LogP contribution in [-0.4, -0.2) is 34.0 Å². The molecule has 3 rings (SSSR count). The molecule has 7 heteroatoms. The number of hydrogen-bond donors (Lipinski definition) is 2. The first kappa shape index (κ1) is 16.8. The van der Waals surface area contributed by atoms with E-state index < -0.39 is 0 Å². The number of amides is 1. The van der Waals surface area contributed by atoms with Gasteiger partial charge in [0.2, 0.25) is 11.1 Å². The summed E-state index contributed by atoms with van der Waals surface area (Å²) >= 11 is 1.36. The topological polar surface area (TPSA) is 79.9 Å². The fourth-order valence-electron chi connectivity index (χ4n) is 2.87. The van der Waals surface area contributed by atoms with Gasteiger partial charge in [-0.3, -0.25) is 9.89 Å². The molecule has 0 atom stereocenters. The van der Waals surface area contributed by atoms with E-state index in [-0.39, 0.29) is 5.91 Å². The van der Waals surface area contributed by atoms with E-state index in [2.05, 4.69) is 20.5 Å². The average molecular weight is 346 g/mol. The van der Waals surface area contributed by atoms with E-state index in [1.807, 2.05) is 24.3 Å². The molecule has 1 aliphatic rings. The first-order chi connectivity index (χ1) is 11.7. The number of carbonyl (C=O) groups is 1. The molecule has 24 heavy (non-hydrogen) atoms. The Morgan fingerprint density at radius 1 is 1.42 bits per heavy atom. The van der Waals surface area contributed by atoms with Crippen LogP contribution >= 0.6 is 11.8 Å². The van der Waals surface area contributed by atoms with Crippen LogP contribution in [0, 0.1) is 0 Å². The highest BCUT2D eigenvalue weighted by Crippen LogP contribution is 2.32. The maximum Gasteiger partial charge on any atom is 0.230 e. The fourth-order valence-corrected chi connectivity index (χ4v) is 3.50. The van der Waals surface area contributed by atoms with Gasteiger partial charge in [-0.25, -0.2) is 4.98 Å². The van der Waals surface area contributed by atoms with Gasteiger partial charge in [0.1, 0.15) is 11.6 Å². The zero-order valence-electron chi connectivity index (χ0n) is 13.7. The van der Waals surface area contributed by atoms with E-state index in [0.717, 1.165) is 17.1 Å². The number of aromatic nitrogens is 3. The number of rotatable bonds is 7. The Bertz CT molecular complexity index is 683. The van der Waals surface area contributed by atoms with Crippen molar-refractivity contribution in [3.63, 3.8) is 0 Å². The van der Waals surface area contributed by atoms with Gasteiger partial charge in [-0.1, -0.05) is 36.7 Å². The Morgan fingerprint density at radius 2 is 2.25 bits per heavy atom. The molecule has 1 amide bonds. The van der Waals surface area contributed by atoms with E-state index in [9.17, 15) is 4.79 Å². The third kappa shape index (κ3) is 4.50. The van der Waals surface area contributed by atoms with Crippen LogP contribution in [0.2, 0.25) is 0 Å². The minimum Gasteiger partial charge on any atom is -0.497 e. The van der Waals surface area contributed by atoms with Crippen molar-refractivity contribution in [1.29, 1.82) is 0 Å². The molecule has 1 aliphatic carbocycles. The first-order valence-corrected chi connectivity index (χ1v) is 9.18. The summed E-state index contributed by atoms with van der Waals surface area (Å²) in [6, 6.07) is 7.66. The summed E-state index contributed by atoms with van der Waals surface area (Å²) in [5.74, 6) is 2.54. The normalized spacial score (nSPS) is 14.7. The number of methoxy groups -OCH3 is 1. The number of ether oxygens (including phenoxy) is 1. The van der Waals surface area contributed by atoms with E-state index in [0.29, 0.717) is 23.4 Å². The zero-order chi connectivity index (χ0) is 16.8. The molecule has 0 aliphatic heterocycles. The number of thioether (sulfide) groups is 1. The molecule has 2 aromatic rings. The molecule has 0 saturated heterocycles. The molecule has 6 nitrogen and oxygen atoms in total. The maximum atomic E-state index is 12.0. The van der Waals surface area contributed by atoms with Gasteiger partial charge in [0.25, 0.3) is 0 Å². The molecule has 0 bridgehead atoms. The number of nitrogens with zero attached hydrogens (tertiary/aromatic N) is 2. The minimum absolute atomic E-state index is 0.0324. The van der Waals surface area contributed by atoms with E-state index >= 15 is 0 Å². The summed E-state index contributed by atoms with van der Waals surface area (Å²) < 4.78 is 5.17. The lowest BCUT2D eigenvalue weighted by molar-refractivity contribution is -0.118. The predicted octanol–water partition coefficient (Wildman–Crippen LogP) is 2.88. The lowest BCUT2D eigenvalue weighted by Crippen LogP contribution is -2.24. The monoisotopic (exact) mass is 346 g/mol. The molecular weight excluding hydrogens is 324 g/mol. The summed E-state index contributed by atoms with van der Waals surface area (Å²) in [5.41, 5.74) is 1.01. The van der Waals surface area contributed by atoms with Crippen LogP contribution in [0.25, 0.3) is 0 Å². The fraction of sp³-hybridized carbons (Fsp3) is 0.471. The summed E-state index contributed by atoms with van der Waals surface area (Å²) in [7, 11) is 1.63. The van der Waals surface area contributed by atoms with Crippen LogP contribution in [0.1, 0.15) is 43.0 Å². The van der Waals surface area contributed by atoms with Crippen LogP contribution in [-0.2, 0) is 11.3 Å². The number of carbonyl (C=O) groups excluding carboxylic acids is 1. The SMILES string of the molecule is COc1cccc(CNC(=O)CSc2n[nH]c(C3CCCC3)n2)c1. The Morgan fingerprint density at radius 3 is 3.04 bits per heavy atom. The van der Waals surface area contributed by atoms with Gasteiger partial charge in [0, 0.05) is 12.5 Å². The molecule has 1 aromatic carbocycles. The second-order valence-electron chi connectivity index (χ2n) is 5.90. The van der Waals surface area contributed by atoms with Crippen molar-refractivity contribution < 1.29 is 9.53 Å². The van der Waals surface area contributed by atoms with Crippen molar-refractivity contribution in [2.24, 2.45) is 0 Å². The summed E-state index contributed by atoms with van der Waals surface area (Å²) in [5, 5.41) is 10.8. The second kappa shape index (κ2) is 8.19. The number of benzene rings is 1. The molecular formula is C17H22N4O2S.